The summed E-state index contributed by atoms with van der Waals surface area (Å²) in [6.45, 7) is 5.16. The molecule has 1 unspecified atom stereocenters. The van der Waals surface area contributed by atoms with Gasteiger partial charge in [0.2, 0.25) is 0 Å². The van der Waals surface area contributed by atoms with Crippen molar-refractivity contribution in [3.05, 3.63) is 32.7 Å². The maximum Gasteiger partial charge on any atom is 0.323 e. The number of rotatable bonds is 4. The van der Waals surface area contributed by atoms with Gasteiger partial charge in [-0.3, -0.25) is 0 Å². The summed E-state index contributed by atoms with van der Waals surface area (Å²) in [6.07, 6.45) is 1.01. The minimum Gasteiger partial charge on any atom is -0.310 e. The van der Waals surface area contributed by atoms with Crippen molar-refractivity contribution < 1.29 is 0 Å². The molecule has 0 fully saturated rings. The highest BCUT2D eigenvalue weighted by molar-refractivity contribution is 9.10. The van der Waals surface area contributed by atoms with Crippen molar-refractivity contribution in [2.24, 2.45) is 0 Å². The van der Waals surface area contributed by atoms with Crippen LogP contribution >= 0.6 is 15.9 Å². The van der Waals surface area contributed by atoms with Crippen molar-refractivity contribution in [3.8, 4) is 0 Å². The van der Waals surface area contributed by atoms with Crippen LogP contribution in [0.4, 0.5) is 0 Å². The number of hydrogen-bond acceptors (Lipinski definition) is 2. The highest BCUT2D eigenvalue weighted by Gasteiger charge is 2.13. The van der Waals surface area contributed by atoms with Crippen molar-refractivity contribution in [1.82, 2.24) is 15.3 Å². The first-order valence-corrected chi connectivity index (χ1v) is 6.59. The van der Waals surface area contributed by atoms with Gasteiger partial charge in [0.25, 0.3) is 0 Å². The van der Waals surface area contributed by atoms with E-state index >= 15 is 0 Å². The van der Waals surface area contributed by atoms with Gasteiger partial charge in [-0.25, -0.2) is 4.79 Å². The number of nitrogens with one attached hydrogen (secondary N) is 3. The average molecular weight is 298 g/mol. The van der Waals surface area contributed by atoms with E-state index in [0.29, 0.717) is 6.04 Å². The van der Waals surface area contributed by atoms with E-state index < -0.39 is 0 Å². The molecule has 4 nitrogen and oxygen atoms in total. The van der Waals surface area contributed by atoms with Gasteiger partial charge in [-0.2, -0.15) is 0 Å². The molecule has 1 heterocycles. The third-order valence-electron chi connectivity index (χ3n) is 2.87. The molecule has 0 saturated carbocycles. The number of hydrogen-bond donors (Lipinski definition) is 3. The van der Waals surface area contributed by atoms with Crippen molar-refractivity contribution in [2.75, 3.05) is 6.54 Å². The van der Waals surface area contributed by atoms with E-state index in [-0.39, 0.29) is 5.69 Å². The summed E-state index contributed by atoms with van der Waals surface area (Å²) in [6, 6.07) is 4.27. The number of benzene rings is 1. The minimum absolute atomic E-state index is 0.166. The van der Waals surface area contributed by atoms with Crippen LogP contribution in [0.2, 0.25) is 0 Å². The lowest BCUT2D eigenvalue weighted by atomic mass is 10.0. The summed E-state index contributed by atoms with van der Waals surface area (Å²) in [4.78, 5) is 16.8. The monoisotopic (exact) mass is 297 g/mol. The topological polar surface area (TPSA) is 60.7 Å². The first kappa shape index (κ1) is 12.4. The minimum atomic E-state index is -0.166. The molecule has 3 N–H and O–H groups in total. The van der Waals surface area contributed by atoms with E-state index in [1.165, 1.54) is 5.56 Å². The first-order chi connectivity index (χ1) is 8.15. The van der Waals surface area contributed by atoms with Crippen LogP contribution in [0.25, 0.3) is 11.0 Å². The number of aromatic amines is 2. The van der Waals surface area contributed by atoms with Crippen molar-refractivity contribution in [3.63, 3.8) is 0 Å². The van der Waals surface area contributed by atoms with Gasteiger partial charge in [0.1, 0.15) is 0 Å². The molecule has 0 saturated heterocycles. The summed E-state index contributed by atoms with van der Waals surface area (Å²) in [5.41, 5.74) is 2.69. The lowest BCUT2D eigenvalue weighted by Gasteiger charge is -2.17. The first-order valence-electron chi connectivity index (χ1n) is 5.80. The van der Waals surface area contributed by atoms with Crippen LogP contribution in [0.1, 0.15) is 31.9 Å². The quantitative estimate of drug-likeness (QED) is 0.812. The molecule has 17 heavy (non-hydrogen) atoms. The number of fused-ring (bicyclic) bond motifs is 1. The van der Waals surface area contributed by atoms with Crippen molar-refractivity contribution in [1.29, 1.82) is 0 Å². The zero-order chi connectivity index (χ0) is 12.4. The summed E-state index contributed by atoms with van der Waals surface area (Å²) in [5, 5.41) is 3.43. The molecule has 0 aliphatic rings. The number of halogens is 1. The van der Waals surface area contributed by atoms with E-state index in [2.05, 4.69) is 45.1 Å². The van der Waals surface area contributed by atoms with Crippen molar-refractivity contribution in [2.45, 2.75) is 26.3 Å². The van der Waals surface area contributed by atoms with Gasteiger partial charge in [0.15, 0.2) is 0 Å². The van der Waals surface area contributed by atoms with E-state index in [4.69, 9.17) is 0 Å². The molecule has 0 amide bonds. The summed E-state index contributed by atoms with van der Waals surface area (Å²) in [5.74, 6) is 0. The van der Waals surface area contributed by atoms with Crippen LogP contribution in [-0.4, -0.2) is 16.5 Å². The second-order valence-electron chi connectivity index (χ2n) is 4.02. The van der Waals surface area contributed by atoms with Crippen LogP contribution in [-0.2, 0) is 0 Å². The molecule has 0 aliphatic carbocycles. The van der Waals surface area contributed by atoms with E-state index in [1.54, 1.807) is 0 Å². The molecule has 92 valence electrons. The fourth-order valence-corrected chi connectivity index (χ4v) is 2.68. The largest absolute Gasteiger partial charge is 0.323 e. The van der Waals surface area contributed by atoms with E-state index in [1.807, 2.05) is 12.1 Å². The van der Waals surface area contributed by atoms with Gasteiger partial charge in [-0.15, -0.1) is 0 Å². The Kier molecular flexibility index (Phi) is 3.69. The van der Waals surface area contributed by atoms with Crippen LogP contribution in [0.3, 0.4) is 0 Å². The summed E-state index contributed by atoms with van der Waals surface area (Å²) < 4.78 is 1.02. The zero-order valence-electron chi connectivity index (χ0n) is 9.93. The van der Waals surface area contributed by atoms with Gasteiger partial charge in [-0.1, -0.05) is 29.8 Å². The van der Waals surface area contributed by atoms with Gasteiger partial charge in [-0.05, 0) is 30.7 Å². The fraction of sp³-hybridized carbons (Fsp3) is 0.417. The molecule has 5 heteroatoms. The Morgan fingerprint density at radius 3 is 2.53 bits per heavy atom. The Morgan fingerprint density at radius 1 is 1.29 bits per heavy atom. The second-order valence-corrected chi connectivity index (χ2v) is 4.87. The molecule has 1 aromatic carbocycles. The number of aromatic nitrogens is 2. The second kappa shape index (κ2) is 5.06. The smallest absolute Gasteiger partial charge is 0.310 e. The summed E-state index contributed by atoms with van der Waals surface area (Å²) >= 11 is 3.56. The van der Waals surface area contributed by atoms with Crippen molar-refractivity contribution >= 4 is 27.0 Å². The lowest BCUT2D eigenvalue weighted by molar-refractivity contribution is 0.536. The molecule has 2 rings (SSSR count). The molecule has 0 radical (unpaired) electrons. The predicted molar refractivity (Wildman–Crippen MR) is 73.3 cm³/mol. The van der Waals surface area contributed by atoms with Gasteiger partial charge in [0, 0.05) is 10.5 Å². The highest BCUT2D eigenvalue weighted by atomic mass is 79.9. The Morgan fingerprint density at radius 2 is 1.94 bits per heavy atom. The number of H-pyrrole nitrogens is 2. The predicted octanol–water partition coefficient (Wildman–Crippen LogP) is 2.68. The molecule has 0 aliphatic heterocycles. The third-order valence-corrected chi connectivity index (χ3v) is 3.55. The van der Waals surface area contributed by atoms with Crippen LogP contribution in [0.15, 0.2) is 21.4 Å². The highest BCUT2D eigenvalue weighted by Crippen LogP contribution is 2.28. The molecule has 2 aromatic rings. The Bertz CT molecular complexity index is 573. The molecule has 1 aromatic heterocycles. The van der Waals surface area contributed by atoms with Crippen LogP contribution in [0.5, 0.6) is 0 Å². The van der Waals surface area contributed by atoms with Gasteiger partial charge < -0.3 is 15.3 Å². The Labute approximate surface area is 108 Å². The molecular formula is C12H16BrN3O. The SMILES string of the molecule is CCNC(CC)c1cc2[nH]c(=O)[nH]c2cc1Br. The van der Waals surface area contributed by atoms with Crippen LogP contribution in [0, 0.1) is 0 Å². The van der Waals surface area contributed by atoms with Gasteiger partial charge >= 0.3 is 5.69 Å². The maximum absolute atomic E-state index is 11.2. The van der Waals surface area contributed by atoms with E-state index in [9.17, 15) is 4.79 Å². The molecule has 0 bridgehead atoms. The molecule has 0 spiro atoms. The standard InChI is InChI=1S/C12H16BrN3O/c1-3-9(14-4-2)7-5-10-11(6-8(7)13)16-12(17)15-10/h5-6,9,14H,3-4H2,1-2H3,(H2,15,16,17). The maximum atomic E-state index is 11.2. The Hall–Kier alpha value is -1.07. The normalized spacial score (nSPS) is 13.1. The lowest BCUT2D eigenvalue weighted by Crippen LogP contribution is -2.20. The Balaban J connectivity index is 2.52. The molecule has 1 atom stereocenters. The fourth-order valence-electron chi connectivity index (χ4n) is 2.06. The van der Waals surface area contributed by atoms with E-state index in [0.717, 1.165) is 28.5 Å². The van der Waals surface area contributed by atoms with Gasteiger partial charge in [0.05, 0.1) is 11.0 Å². The average Bonchev–Trinajstić information content (AvgIpc) is 2.64. The zero-order valence-corrected chi connectivity index (χ0v) is 11.5. The summed E-state index contributed by atoms with van der Waals surface area (Å²) in [7, 11) is 0. The molecular weight excluding hydrogens is 282 g/mol. The number of imidazole rings is 1. The third kappa shape index (κ3) is 2.45. The van der Waals surface area contributed by atoms with Crippen LogP contribution < -0.4 is 11.0 Å².